The van der Waals surface area contributed by atoms with Crippen molar-refractivity contribution < 1.29 is 34.3 Å². The largest absolute Gasteiger partial charge is 0.458 e. The van der Waals surface area contributed by atoms with Crippen LogP contribution in [0.5, 0.6) is 0 Å². The van der Waals surface area contributed by atoms with Gasteiger partial charge in [-0.25, -0.2) is 9.68 Å². The summed E-state index contributed by atoms with van der Waals surface area (Å²) in [6.07, 6.45) is -1.31. The van der Waals surface area contributed by atoms with Gasteiger partial charge < -0.3 is 14.6 Å². The van der Waals surface area contributed by atoms with Crippen molar-refractivity contribution in [3.05, 3.63) is 36.0 Å². The third kappa shape index (κ3) is 3.75. The maximum absolute atomic E-state index is 11.8. The number of aliphatic hydroxyl groups is 1. The summed E-state index contributed by atoms with van der Waals surface area (Å²) in [6.45, 7) is 10.5. The average molecular weight is 338 g/mol. The Balaban J connectivity index is 2.42. The van der Waals surface area contributed by atoms with Crippen molar-refractivity contribution in [2.24, 2.45) is 5.92 Å². The minimum absolute atomic E-state index is 0.0851. The van der Waals surface area contributed by atoms with Gasteiger partial charge in [0.25, 0.3) is 0 Å². The maximum Gasteiger partial charge on any atom is 0.334 e. The van der Waals surface area contributed by atoms with Crippen molar-refractivity contribution in [1.82, 2.24) is 0 Å². The van der Waals surface area contributed by atoms with E-state index in [2.05, 4.69) is 18.0 Å². The highest BCUT2D eigenvalue weighted by atomic mass is 17.1. The molecule has 1 aliphatic heterocycles. The summed E-state index contributed by atoms with van der Waals surface area (Å²) >= 11 is 0. The zero-order valence-corrected chi connectivity index (χ0v) is 13.7. The van der Waals surface area contributed by atoms with Gasteiger partial charge >= 0.3 is 11.9 Å². The topological polar surface area (TPSA) is 102 Å². The fourth-order valence-electron chi connectivity index (χ4n) is 3.10. The van der Waals surface area contributed by atoms with Gasteiger partial charge in [-0.05, 0) is 30.6 Å². The minimum atomic E-state index is -0.964. The van der Waals surface area contributed by atoms with Crippen molar-refractivity contribution in [2.45, 2.75) is 51.1 Å². The molecule has 0 aromatic rings. The van der Waals surface area contributed by atoms with Crippen LogP contribution in [0.3, 0.4) is 0 Å². The first kappa shape index (κ1) is 18.4. The Morgan fingerprint density at radius 1 is 1.38 bits per heavy atom. The summed E-state index contributed by atoms with van der Waals surface area (Å²) in [6, 6.07) is 0. The van der Waals surface area contributed by atoms with Crippen molar-refractivity contribution >= 4 is 11.9 Å². The number of hydrogen-bond donors (Lipinski definition) is 2. The molecule has 0 aromatic heterocycles. The van der Waals surface area contributed by atoms with Crippen molar-refractivity contribution in [1.29, 1.82) is 0 Å². The number of aliphatic hydroxyl groups excluding tert-OH is 1. The molecule has 24 heavy (non-hydrogen) atoms. The van der Waals surface area contributed by atoms with Crippen LogP contribution in [0.15, 0.2) is 36.0 Å². The van der Waals surface area contributed by atoms with E-state index in [1.165, 1.54) is 6.92 Å². The summed E-state index contributed by atoms with van der Waals surface area (Å²) in [7, 11) is 0. The van der Waals surface area contributed by atoms with Gasteiger partial charge in [-0.1, -0.05) is 13.2 Å². The Hall–Kier alpha value is -1.96. The molecule has 2 rings (SSSR count). The Bertz CT molecular complexity index is 592. The van der Waals surface area contributed by atoms with Gasteiger partial charge in [0.05, 0.1) is 12.0 Å². The first-order valence-electron chi connectivity index (χ1n) is 7.65. The highest BCUT2D eigenvalue weighted by Crippen LogP contribution is 2.36. The summed E-state index contributed by atoms with van der Waals surface area (Å²) in [5.74, 6) is -1.70. The fourth-order valence-corrected chi connectivity index (χ4v) is 3.10. The normalized spacial score (nSPS) is 36.4. The summed E-state index contributed by atoms with van der Waals surface area (Å²) in [5, 5.41) is 19.6. The summed E-state index contributed by atoms with van der Waals surface area (Å²) < 4.78 is 10.5. The predicted octanol–water partition coefficient (Wildman–Crippen LogP) is 1.53. The lowest BCUT2D eigenvalue weighted by Gasteiger charge is -2.29. The van der Waals surface area contributed by atoms with E-state index in [4.69, 9.17) is 14.7 Å². The standard InChI is InChI=1S/C17H22O7/c1-8-5-12(19)16-10(3)17(20)23-15(16)6-9(2)13(22-11(4)18)7-14(8)24-21/h6,12-16,19,21H,1,3,5,7H2,2,4H3/b9-6-/t12?,13?,14-,15-,16-/m1/s1. The molecular weight excluding hydrogens is 316 g/mol. The van der Waals surface area contributed by atoms with E-state index >= 15 is 0 Å². The lowest BCUT2D eigenvalue weighted by Crippen LogP contribution is -2.34. The molecule has 0 radical (unpaired) electrons. The van der Waals surface area contributed by atoms with E-state index in [-0.39, 0.29) is 18.4 Å². The molecular formula is C17H22O7. The molecule has 7 heteroatoms. The van der Waals surface area contributed by atoms with Gasteiger partial charge in [0, 0.05) is 18.9 Å². The second kappa shape index (κ2) is 7.29. The SMILES string of the molecule is C=C1C(=O)O[C@@H]2/C=C(/C)C(OC(C)=O)C[C@@H](OO)C(=C)CC(O)[C@@H]12. The Labute approximate surface area is 140 Å². The van der Waals surface area contributed by atoms with Crippen LogP contribution in [-0.2, 0) is 24.0 Å². The number of fused-ring (bicyclic) bond motifs is 1. The van der Waals surface area contributed by atoms with Crippen molar-refractivity contribution in [3.63, 3.8) is 0 Å². The number of rotatable bonds is 2. The van der Waals surface area contributed by atoms with Crippen LogP contribution in [0.1, 0.15) is 26.7 Å². The number of ether oxygens (including phenoxy) is 2. The monoisotopic (exact) mass is 338 g/mol. The van der Waals surface area contributed by atoms with E-state index in [0.717, 1.165) is 0 Å². The van der Waals surface area contributed by atoms with Gasteiger partial charge in [-0.15, -0.1) is 0 Å². The van der Waals surface area contributed by atoms with Crippen LogP contribution >= 0.6 is 0 Å². The van der Waals surface area contributed by atoms with Crippen LogP contribution in [0, 0.1) is 5.92 Å². The second-order valence-electron chi connectivity index (χ2n) is 6.19. The third-order valence-corrected chi connectivity index (χ3v) is 4.40. The van der Waals surface area contributed by atoms with E-state index in [0.29, 0.717) is 11.1 Å². The molecule has 0 spiro atoms. The third-order valence-electron chi connectivity index (χ3n) is 4.40. The highest BCUT2D eigenvalue weighted by Gasteiger charge is 2.43. The zero-order valence-electron chi connectivity index (χ0n) is 13.7. The highest BCUT2D eigenvalue weighted by molar-refractivity contribution is 5.91. The second-order valence-corrected chi connectivity index (χ2v) is 6.19. The van der Waals surface area contributed by atoms with Crippen LogP contribution < -0.4 is 0 Å². The number of esters is 2. The van der Waals surface area contributed by atoms with Gasteiger partial charge in [-0.2, -0.15) is 0 Å². The molecule has 0 aromatic carbocycles. The molecule has 5 atom stereocenters. The minimum Gasteiger partial charge on any atom is -0.458 e. The zero-order chi connectivity index (χ0) is 18.0. The van der Waals surface area contributed by atoms with Crippen LogP contribution in [0.4, 0.5) is 0 Å². The smallest absolute Gasteiger partial charge is 0.334 e. The first-order chi connectivity index (χ1) is 11.2. The number of hydrogen-bond acceptors (Lipinski definition) is 7. The molecule has 1 saturated heterocycles. The molecule has 0 amide bonds. The Morgan fingerprint density at radius 3 is 2.62 bits per heavy atom. The lowest BCUT2D eigenvalue weighted by atomic mass is 9.83. The maximum atomic E-state index is 11.8. The fraction of sp³-hybridized carbons (Fsp3) is 0.529. The molecule has 132 valence electrons. The molecule has 0 saturated carbocycles. The van der Waals surface area contributed by atoms with Crippen LogP contribution in [0.25, 0.3) is 0 Å². The molecule has 7 nitrogen and oxygen atoms in total. The number of carbonyl (C=O) groups excluding carboxylic acids is 2. The Kier molecular flexibility index (Phi) is 5.58. The molecule has 2 aliphatic rings. The first-order valence-corrected chi connectivity index (χ1v) is 7.65. The molecule has 1 heterocycles. The molecule has 2 N–H and O–H groups in total. The van der Waals surface area contributed by atoms with Crippen molar-refractivity contribution in [3.8, 4) is 0 Å². The molecule has 1 fully saturated rings. The van der Waals surface area contributed by atoms with E-state index < -0.39 is 42.3 Å². The predicted molar refractivity (Wildman–Crippen MR) is 83.7 cm³/mol. The van der Waals surface area contributed by atoms with E-state index in [1.807, 2.05) is 0 Å². The quantitative estimate of drug-likeness (QED) is 0.259. The molecule has 1 aliphatic carbocycles. The average Bonchev–Trinajstić information content (AvgIpc) is 2.76. The van der Waals surface area contributed by atoms with Crippen LogP contribution in [0.2, 0.25) is 0 Å². The molecule has 2 unspecified atom stereocenters. The summed E-state index contributed by atoms with van der Waals surface area (Å²) in [5.41, 5.74) is 1.21. The Morgan fingerprint density at radius 2 is 2.04 bits per heavy atom. The van der Waals surface area contributed by atoms with Gasteiger partial charge in [0.2, 0.25) is 0 Å². The van der Waals surface area contributed by atoms with Gasteiger partial charge in [0.1, 0.15) is 18.3 Å². The number of carbonyl (C=O) groups is 2. The lowest BCUT2D eigenvalue weighted by molar-refractivity contribution is -0.273. The van der Waals surface area contributed by atoms with E-state index in [1.54, 1.807) is 13.0 Å². The van der Waals surface area contributed by atoms with Gasteiger partial charge in [-0.3, -0.25) is 10.1 Å². The van der Waals surface area contributed by atoms with Crippen LogP contribution in [-0.4, -0.2) is 46.7 Å². The molecule has 0 bridgehead atoms. The van der Waals surface area contributed by atoms with Crippen molar-refractivity contribution in [2.75, 3.05) is 0 Å². The van der Waals surface area contributed by atoms with E-state index in [9.17, 15) is 14.7 Å². The van der Waals surface area contributed by atoms with Gasteiger partial charge in [0.15, 0.2) is 0 Å². The summed E-state index contributed by atoms with van der Waals surface area (Å²) in [4.78, 5) is 27.6.